The number of rotatable bonds is 4. The SMILES string of the molecule is CC(C)c1ccc(NC(=O)C2CCN(C(=O)C3CCCO3)CC2)cc1. The van der Waals surface area contributed by atoms with Gasteiger partial charge in [-0.05, 0) is 49.3 Å². The van der Waals surface area contributed by atoms with E-state index in [0.717, 1.165) is 18.5 Å². The van der Waals surface area contributed by atoms with E-state index in [2.05, 4.69) is 31.3 Å². The van der Waals surface area contributed by atoms with Crippen LogP contribution in [0.5, 0.6) is 0 Å². The van der Waals surface area contributed by atoms with Crippen molar-refractivity contribution in [3.8, 4) is 0 Å². The number of carbonyl (C=O) groups excluding carboxylic acids is 2. The van der Waals surface area contributed by atoms with Crippen LogP contribution in [-0.2, 0) is 14.3 Å². The Morgan fingerprint density at radius 3 is 2.36 bits per heavy atom. The number of anilines is 1. The molecule has 3 rings (SSSR count). The molecule has 1 aromatic rings. The molecule has 1 N–H and O–H groups in total. The van der Waals surface area contributed by atoms with Gasteiger partial charge >= 0.3 is 0 Å². The second-order valence-electron chi connectivity index (χ2n) is 7.37. The Morgan fingerprint density at radius 2 is 1.80 bits per heavy atom. The number of hydrogen-bond acceptors (Lipinski definition) is 3. The minimum absolute atomic E-state index is 0.0293. The number of piperidine rings is 1. The number of carbonyl (C=O) groups is 2. The van der Waals surface area contributed by atoms with Crippen molar-refractivity contribution in [3.63, 3.8) is 0 Å². The number of likely N-dealkylation sites (tertiary alicyclic amines) is 1. The molecule has 0 aromatic heterocycles. The first-order chi connectivity index (χ1) is 12.0. The van der Waals surface area contributed by atoms with Crippen LogP contribution in [0.2, 0.25) is 0 Å². The van der Waals surface area contributed by atoms with E-state index in [1.54, 1.807) is 0 Å². The molecule has 2 aliphatic rings. The lowest BCUT2D eigenvalue weighted by atomic mass is 9.95. The van der Waals surface area contributed by atoms with Gasteiger partial charge in [-0.1, -0.05) is 26.0 Å². The maximum absolute atomic E-state index is 12.5. The largest absolute Gasteiger partial charge is 0.368 e. The van der Waals surface area contributed by atoms with Crippen LogP contribution in [-0.4, -0.2) is 42.5 Å². The van der Waals surface area contributed by atoms with E-state index in [0.29, 0.717) is 38.5 Å². The standard InChI is InChI=1S/C20H28N2O3/c1-14(2)15-5-7-17(8-6-15)21-19(23)16-9-11-22(12-10-16)20(24)18-4-3-13-25-18/h5-8,14,16,18H,3-4,9-13H2,1-2H3,(H,21,23). The summed E-state index contributed by atoms with van der Waals surface area (Å²) < 4.78 is 5.48. The second-order valence-corrected chi connectivity index (χ2v) is 7.37. The van der Waals surface area contributed by atoms with Gasteiger partial charge in [0.1, 0.15) is 6.10 Å². The predicted molar refractivity (Wildman–Crippen MR) is 97.4 cm³/mol. The summed E-state index contributed by atoms with van der Waals surface area (Å²) in [5, 5.41) is 3.01. The lowest BCUT2D eigenvalue weighted by Crippen LogP contribution is -2.45. The van der Waals surface area contributed by atoms with E-state index < -0.39 is 0 Å². The summed E-state index contributed by atoms with van der Waals surface area (Å²) in [5.41, 5.74) is 2.10. The molecule has 0 saturated carbocycles. The Kier molecular flexibility index (Phi) is 5.74. The molecule has 136 valence electrons. The van der Waals surface area contributed by atoms with E-state index in [-0.39, 0.29) is 23.8 Å². The maximum Gasteiger partial charge on any atom is 0.251 e. The molecule has 1 aromatic carbocycles. The molecule has 25 heavy (non-hydrogen) atoms. The maximum atomic E-state index is 12.5. The van der Waals surface area contributed by atoms with Gasteiger partial charge in [0.15, 0.2) is 0 Å². The van der Waals surface area contributed by atoms with E-state index in [9.17, 15) is 9.59 Å². The molecule has 0 spiro atoms. The molecule has 2 amide bonds. The van der Waals surface area contributed by atoms with Gasteiger partial charge < -0.3 is 15.0 Å². The predicted octanol–water partition coefficient (Wildman–Crippen LogP) is 3.17. The number of amides is 2. The minimum atomic E-state index is -0.259. The fourth-order valence-electron chi connectivity index (χ4n) is 3.53. The van der Waals surface area contributed by atoms with Crippen LogP contribution in [0.1, 0.15) is 51.0 Å². The fourth-order valence-corrected chi connectivity index (χ4v) is 3.53. The molecule has 2 aliphatic heterocycles. The molecule has 1 atom stereocenters. The van der Waals surface area contributed by atoms with E-state index in [4.69, 9.17) is 4.74 Å². The van der Waals surface area contributed by atoms with Crippen molar-refractivity contribution in [2.24, 2.45) is 5.92 Å². The normalized spacial score (nSPS) is 21.6. The topological polar surface area (TPSA) is 58.6 Å². The Hall–Kier alpha value is -1.88. The Labute approximate surface area is 149 Å². The van der Waals surface area contributed by atoms with Crippen LogP contribution in [0, 0.1) is 5.92 Å². The number of benzene rings is 1. The van der Waals surface area contributed by atoms with Crippen molar-refractivity contribution in [1.29, 1.82) is 0 Å². The van der Waals surface area contributed by atoms with Crippen LogP contribution in [0.3, 0.4) is 0 Å². The quantitative estimate of drug-likeness (QED) is 0.913. The number of nitrogens with one attached hydrogen (secondary N) is 1. The average molecular weight is 344 g/mol. The third-order valence-corrected chi connectivity index (χ3v) is 5.23. The van der Waals surface area contributed by atoms with Gasteiger partial charge in [-0.15, -0.1) is 0 Å². The summed E-state index contributed by atoms with van der Waals surface area (Å²) in [6.07, 6.45) is 2.96. The van der Waals surface area contributed by atoms with Crippen LogP contribution in [0.25, 0.3) is 0 Å². The molecular formula is C20H28N2O3. The molecule has 1 unspecified atom stereocenters. The van der Waals surface area contributed by atoms with Crippen molar-refractivity contribution < 1.29 is 14.3 Å². The first-order valence-corrected chi connectivity index (χ1v) is 9.36. The van der Waals surface area contributed by atoms with Gasteiger partial charge in [-0.2, -0.15) is 0 Å². The molecular weight excluding hydrogens is 316 g/mol. The summed E-state index contributed by atoms with van der Waals surface area (Å²) in [6, 6.07) is 8.04. The Balaban J connectivity index is 1.48. The lowest BCUT2D eigenvalue weighted by Gasteiger charge is -2.32. The van der Waals surface area contributed by atoms with Gasteiger partial charge in [0.25, 0.3) is 5.91 Å². The van der Waals surface area contributed by atoms with Crippen molar-refractivity contribution in [2.75, 3.05) is 25.0 Å². The van der Waals surface area contributed by atoms with Gasteiger partial charge in [0.05, 0.1) is 0 Å². The number of nitrogens with zero attached hydrogens (tertiary/aromatic N) is 1. The third kappa shape index (κ3) is 4.40. The smallest absolute Gasteiger partial charge is 0.251 e. The molecule has 0 radical (unpaired) electrons. The first kappa shape index (κ1) is 17.9. The van der Waals surface area contributed by atoms with E-state index >= 15 is 0 Å². The average Bonchev–Trinajstić information content (AvgIpc) is 3.16. The van der Waals surface area contributed by atoms with Crippen molar-refractivity contribution in [3.05, 3.63) is 29.8 Å². The molecule has 2 fully saturated rings. The minimum Gasteiger partial charge on any atom is -0.368 e. The fraction of sp³-hybridized carbons (Fsp3) is 0.600. The van der Waals surface area contributed by atoms with Crippen LogP contribution < -0.4 is 5.32 Å². The van der Waals surface area contributed by atoms with Crippen LogP contribution in [0.15, 0.2) is 24.3 Å². The van der Waals surface area contributed by atoms with Crippen molar-refractivity contribution in [1.82, 2.24) is 4.90 Å². The summed E-state index contributed by atoms with van der Waals surface area (Å²) in [6.45, 7) is 6.27. The van der Waals surface area contributed by atoms with Gasteiger partial charge in [-0.3, -0.25) is 9.59 Å². The van der Waals surface area contributed by atoms with E-state index in [1.807, 2.05) is 17.0 Å². The van der Waals surface area contributed by atoms with Crippen molar-refractivity contribution >= 4 is 17.5 Å². The highest BCUT2D eigenvalue weighted by Crippen LogP contribution is 2.23. The molecule has 5 nitrogen and oxygen atoms in total. The molecule has 5 heteroatoms. The monoisotopic (exact) mass is 344 g/mol. The lowest BCUT2D eigenvalue weighted by molar-refractivity contribution is -0.143. The molecule has 2 heterocycles. The van der Waals surface area contributed by atoms with Gasteiger partial charge in [0, 0.05) is 31.3 Å². The Morgan fingerprint density at radius 1 is 1.12 bits per heavy atom. The zero-order valence-electron chi connectivity index (χ0n) is 15.2. The summed E-state index contributed by atoms with van der Waals surface area (Å²) >= 11 is 0. The second kappa shape index (κ2) is 8.00. The van der Waals surface area contributed by atoms with Crippen LogP contribution in [0.4, 0.5) is 5.69 Å². The molecule has 2 saturated heterocycles. The van der Waals surface area contributed by atoms with Crippen LogP contribution >= 0.6 is 0 Å². The highest BCUT2D eigenvalue weighted by atomic mass is 16.5. The highest BCUT2D eigenvalue weighted by Gasteiger charge is 2.32. The summed E-state index contributed by atoms with van der Waals surface area (Å²) in [4.78, 5) is 26.7. The summed E-state index contributed by atoms with van der Waals surface area (Å²) in [7, 11) is 0. The zero-order valence-corrected chi connectivity index (χ0v) is 15.2. The van der Waals surface area contributed by atoms with Crippen molar-refractivity contribution in [2.45, 2.75) is 51.6 Å². The molecule has 0 aliphatic carbocycles. The van der Waals surface area contributed by atoms with Gasteiger partial charge in [-0.25, -0.2) is 0 Å². The first-order valence-electron chi connectivity index (χ1n) is 9.36. The number of ether oxygens (including phenoxy) is 1. The molecule has 0 bridgehead atoms. The zero-order chi connectivity index (χ0) is 17.8. The third-order valence-electron chi connectivity index (χ3n) is 5.23. The highest BCUT2D eigenvalue weighted by molar-refractivity contribution is 5.92. The van der Waals surface area contributed by atoms with Gasteiger partial charge in [0.2, 0.25) is 5.91 Å². The summed E-state index contributed by atoms with van der Waals surface area (Å²) in [5.74, 6) is 0.607. The number of hydrogen-bond donors (Lipinski definition) is 1. The Bertz CT molecular complexity index is 598. The van der Waals surface area contributed by atoms with E-state index in [1.165, 1.54) is 5.56 Å².